The normalized spacial score (nSPS) is 11.1. The highest BCUT2D eigenvalue weighted by Gasteiger charge is 2.09. The number of hydrogen-bond acceptors (Lipinski definition) is 4. The van der Waals surface area contributed by atoms with Crippen molar-refractivity contribution in [2.24, 2.45) is 0 Å². The van der Waals surface area contributed by atoms with E-state index in [4.69, 9.17) is 11.6 Å². The second kappa shape index (κ2) is 6.71. The summed E-state index contributed by atoms with van der Waals surface area (Å²) in [5, 5.41) is 3.71. The van der Waals surface area contributed by atoms with Gasteiger partial charge in [-0.05, 0) is 44.4 Å². The van der Waals surface area contributed by atoms with Crippen molar-refractivity contribution in [2.45, 2.75) is 0 Å². The lowest BCUT2D eigenvalue weighted by atomic mass is 10.2. The molecule has 0 radical (unpaired) electrons. The topological polar surface area (TPSA) is 72.6 Å². The highest BCUT2D eigenvalue weighted by Crippen LogP contribution is 2.26. The molecule has 130 valence electrons. The second-order valence-corrected chi connectivity index (χ2v) is 6.60. The van der Waals surface area contributed by atoms with Gasteiger partial charge >= 0.3 is 0 Å². The molecule has 0 amide bonds. The number of fused-ring (bicyclic) bond motifs is 2. The van der Waals surface area contributed by atoms with Crippen LogP contribution in [0.2, 0.25) is 5.15 Å². The van der Waals surface area contributed by atoms with Gasteiger partial charge in [-0.2, -0.15) is 0 Å². The minimum atomic E-state index is 0.450. The van der Waals surface area contributed by atoms with Crippen molar-refractivity contribution in [3.05, 3.63) is 47.2 Å². The van der Waals surface area contributed by atoms with Gasteiger partial charge in [0.05, 0.1) is 28.8 Å². The van der Waals surface area contributed by atoms with Gasteiger partial charge in [0, 0.05) is 11.8 Å². The zero-order valence-corrected chi connectivity index (χ0v) is 15.1. The van der Waals surface area contributed by atoms with Crippen LogP contribution in [-0.2, 0) is 0 Å². The third-order valence-electron chi connectivity index (χ3n) is 3.85. The molecule has 26 heavy (non-hydrogen) atoms. The van der Waals surface area contributed by atoms with E-state index in [1.54, 1.807) is 6.07 Å². The molecule has 3 aromatic heterocycles. The van der Waals surface area contributed by atoms with Crippen molar-refractivity contribution in [1.29, 1.82) is 0 Å². The maximum Gasteiger partial charge on any atom is 0.205 e. The fraction of sp³-hybridized carbons (Fsp3) is 0.158. The average molecular weight is 365 g/mol. The van der Waals surface area contributed by atoms with E-state index in [2.05, 4.69) is 37.1 Å². The van der Waals surface area contributed by atoms with Crippen LogP contribution in [0.15, 0.2) is 36.5 Å². The molecule has 0 aliphatic heterocycles. The van der Waals surface area contributed by atoms with Gasteiger partial charge in [-0.3, -0.25) is 4.90 Å². The van der Waals surface area contributed by atoms with Crippen molar-refractivity contribution in [3.8, 4) is 11.8 Å². The Bertz CT molecular complexity index is 1150. The number of H-pyrrole nitrogens is 2. The van der Waals surface area contributed by atoms with Gasteiger partial charge in [0.25, 0.3) is 0 Å². The number of aromatic nitrogens is 4. The summed E-state index contributed by atoms with van der Waals surface area (Å²) in [5.41, 5.74) is 5.23. The molecule has 0 bridgehead atoms. The summed E-state index contributed by atoms with van der Waals surface area (Å²) in [6, 6.07) is 9.60. The van der Waals surface area contributed by atoms with Crippen LogP contribution >= 0.6 is 11.6 Å². The molecule has 3 heterocycles. The standard InChI is InChI=1S/C19H17ClN6/c1-26(2)9-3-4-12-5-6-13-15(10-12)23-19(22-13)24-16-11-21-14-7-8-17(20)25-18(14)16/h5-8,10-11,21H,9H2,1-2H3,(H2,22,23,24). The summed E-state index contributed by atoms with van der Waals surface area (Å²) in [6.45, 7) is 0.724. The first-order chi connectivity index (χ1) is 12.6. The molecule has 6 nitrogen and oxygen atoms in total. The molecule has 0 atom stereocenters. The first-order valence-corrected chi connectivity index (χ1v) is 8.50. The van der Waals surface area contributed by atoms with E-state index in [1.807, 2.05) is 49.5 Å². The van der Waals surface area contributed by atoms with Crippen LogP contribution in [0.5, 0.6) is 0 Å². The zero-order valence-electron chi connectivity index (χ0n) is 14.4. The molecular weight excluding hydrogens is 348 g/mol. The number of rotatable bonds is 3. The van der Waals surface area contributed by atoms with Crippen LogP contribution in [-0.4, -0.2) is 45.5 Å². The van der Waals surface area contributed by atoms with E-state index in [0.29, 0.717) is 11.1 Å². The molecule has 0 unspecified atom stereocenters. The first-order valence-electron chi connectivity index (χ1n) is 8.12. The van der Waals surface area contributed by atoms with Crippen molar-refractivity contribution >= 4 is 45.3 Å². The van der Waals surface area contributed by atoms with Crippen LogP contribution in [0, 0.1) is 11.8 Å². The van der Waals surface area contributed by atoms with Gasteiger partial charge in [-0.15, -0.1) is 0 Å². The fourth-order valence-corrected chi connectivity index (χ4v) is 2.79. The van der Waals surface area contributed by atoms with Crippen LogP contribution in [0.3, 0.4) is 0 Å². The lowest BCUT2D eigenvalue weighted by Crippen LogP contribution is -2.10. The first kappa shape index (κ1) is 16.5. The number of imidazole rings is 1. The molecule has 0 aliphatic rings. The number of pyridine rings is 1. The zero-order chi connectivity index (χ0) is 18.1. The molecular formula is C19H17ClN6. The van der Waals surface area contributed by atoms with Gasteiger partial charge in [0.1, 0.15) is 10.7 Å². The minimum Gasteiger partial charge on any atom is -0.358 e. The maximum absolute atomic E-state index is 6.00. The average Bonchev–Trinajstić information content (AvgIpc) is 3.18. The quantitative estimate of drug-likeness (QED) is 0.382. The van der Waals surface area contributed by atoms with Crippen molar-refractivity contribution in [3.63, 3.8) is 0 Å². The second-order valence-electron chi connectivity index (χ2n) is 6.21. The Morgan fingerprint density at radius 3 is 2.85 bits per heavy atom. The Balaban J connectivity index is 1.62. The van der Waals surface area contributed by atoms with Gasteiger partial charge in [0.15, 0.2) is 0 Å². The van der Waals surface area contributed by atoms with Crippen LogP contribution in [0.1, 0.15) is 5.56 Å². The molecule has 7 heteroatoms. The lowest BCUT2D eigenvalue weighted by molar-refractivity contribution is 0.464. The molecule has 0 aliphatic carbocycles. The smallest absolute Gasteiger partial charge is 0.205 e. The summed E-state index contributed by atoms with van der Waals surface area (Å²) in [6.07, 6.45) is 1.85. The van der Waals surface area contributed by atoms with E-state index >= 15 is 0 Å². The molecule has 4 aromatic rings. The fourth-order valence-electron chi connectivity index (χ4n) is 2.64. The van der Waals surface area contributed by atoms with Gasteiger partial charge in [-0.25, -0.2) is 9.97 Å². The van der Waals surface area contributed by atoms with Crippen molar-refractivity contribution in [2.75, 3.05) is 26.0 Å². The van der Waals surface area contributed by atoms with E-state index < -0.39 is 0 Å². The maximum atomic E-state index is 6.00. The predicted octanol–water partition coefficient (Wildman–Crippen LogP) is 3.75. The number of benzene rings is 1. The van der Waals surface area contributed by atoms with Crippen LogP contribution in [0.4, 0.5) is 11.6 Å². The molecule has 1 aromatic carbocycles. The summed E-state index contributed by atoms with van der Waals surface area (Å²) >= 11 is 6.00. The highest BCUT2D eigenvalue weighted by atomic mass is 35.5. The number of aromatic amines is 2. The van der Waals surface area contributed by atoms with Crippen LogP contribution < -0.4 is 5.32 Å². The summed E-state index contributed by atoms with van der Waals surface area (Å²) in [4.78, 5) is 17.4. The van der Waals surface area contributed by atoms with Crippen molar-refractivity contribution < 1.29 is 0 Å². The number of halogens is 1. The van der Waals surface area contributed by atoms with E-state index in [1.165, 1.54) is 0 Å². The molecule has 0 saturated heterocycles. The van der Waals surface area contributed by atoms with Crippen LogP contribution in [0.25, 0.3) is 22.1 Å². The van der Waals surface area contributed by atoms with Gasteiger partial charge in [0.2, 0.25) is 5.95 Å². The highest BCUT2D eigenvalue weighted by molar-refractivity contribution is 6.29. The van der Waals surface area contributed by atoms with E-state index in [0.717, 1.165) is 39.9 Å². The Hall–Kier alpha value is -3.01. The molecule has 3 N–H and O–H groups in total. The lowest BCUT2D eigenvalue weighted by Gasteiger charge is -2.00. The minimum absolute atomic E-state index is 0.450. The summed E-state index contributed by atoms with van der Waals surface area (Å²) in [7, 11) is 3.99. The largest absolute Gasteiger partial charge is 0.358 e. The molecule has 0 saturated carbocycles. The monoisotopic (exact) mass is 364 g/mol. The Labute approximate surface area is 155 Å². The van der Waals surface area contributed by atoms with E-state index in [-0.39, 0.29) is 0 Å². The number of anilines is 2. The molecule has 0 fully saturated rings. The Morgan fingerprint density at radius 1 is 1.15 bits per heavy atom. The van der Waals surface area contributed by atoms with Gasteiger partial charge < -0.3 is 15.3 Å². The summed E-state index contributed by atoms with van der Waals surface area (Å²) < 4.78 is 0. The number of hydrogen-bond donors (Lipinski definition) is 3. The third kappa shape index (κ3) is 3.36. The van der Waals surface area contributed by atoms with E-state index in [9.17, 15) is 0 Å². The summed E-state index contributed by atoms with van der Waals surface area (Å²) in [5.74, 6) is 6.93. The molecule has 0 spiro atoms. The van der Waals surface area contributed by atoms with Gasteiger partial charge in [-0.1, -0.05) is 23.4 Å². The number of nitrogens with zero attached hydrogens (tertiary/aromatic N) is 3. The van der Waals surface area contributed by atoms with Crippen molar-refractivity contribution in [1.82, 2.24) is 24.8 Å². The Morgan fingerprint density at radius 2 is 2.00 bits per heavy atom. The molecule has 4 rings (SSSR count). The predicted molar refractivity (Wildman–Crippen MR) is 106 cm³/mol. The Kier molecular flexibility index (Phi) is 4.25. The third-order valence-corrected chi connectivity index (χ3v) is 4.06. The number of nitrogens with one attached hydrogen (secondary N) is 3. The SMILES string of the molecule is CN(C)CC#Cc1ccc2[nH]c(Nc3c[nH]c4ccc(Cl)nc34)nc2c1.